The minimum Gasteiger partial charge on any atom is -0.342 e. The van der Waals surface area contributed by atoms with Gasteiger partial charge in [-0.15, -0.1) is 0 Å². The molecule has 7 heteroatoms. The number of nitrogens with zero attached hydrogens (tertiary/aromatic N) is 3. The number of hydrogen-bond acceptors (Lipinski definition) is 3. The number of aliphatic imine (C=N–C) groups is 1. The van der Waals surface area contributed by atoms with Crippen LogP contribution < -0.4 is 0 Å². The van der Waals surface area contributed by atoms with Crippen LogP contribution in [0.2, 0.25) is 10.0 Å². The van der Waals surface area contributed by atoms with Gasteiger partial charge in [0.2, 0.25) is 0 Å². The van der Waals surface area contributed by atoms with Gasteiger partial charge in [0, 0.05) is 45.3 Å². The van der Waals surface area contributed by atoms with Gasteiger partial charge in [0.1, 0.15) is 0 Å². The van der Waals surface area contributed by atoms with Gasteiger partial charge in [0.15, 0.2) is 5.17 Å². The topological polar surface area (TPSA) is 37.6 Å². The fraction of sp³-hybridized carbons (Fsp3) is 0.273. The van der Waals surface area contributed by atoms with Crippen LogP contribution in [0.1, 0.15) is 55.7 Å². The van der Waals surface area contributed by atoms with E-state index in [-0.39, 0.29) is 11.9 Å². The second-order valence-electron chi connectivity index (χ2n) is 10.4. The lowest BCUT2D eigenvalue weighted by Crippen LogP contribution is -2.40. The maximum atomic E-state index is 14.0. The van der Waals surface area contributed by atoms with Crippen LogP contribution in [0.15, 0.2) is 82.8 Å². The van der Waals surface area contributed by atoms with E-state index in [1.165, 1.54) is 23.7 Å². The molecule has 0 N–H and O–H groups in total. The van der Waals surface area contributed by atoms with Crippen molar-refractivity contribution in [3.63, 3.8) is 0 Å². The molecule has 1 amide bonds. The monoisotopic (exact) mass is 587 g/mol. The Hall–Kier alpha value is -2.99. The summed E-state index contributed by atoms with van der Waals surface area (Å²) in [6, 6.07) is 22.3. The number of amides is 1. The fourth-order valence-corrected chi connectivity index (χ4v) is 7.25. The van der Waals surface area contributed by atoms with E-state index in [4.69, 9.17) is 28.2 Å². The van der Waals surface area contributed by atoms with Crippen LogP contribution in [0, 0.1) is 0 Å². The molecule has 0 atom stereocenters. The predicted molar refractivity (Wildman–Crippen MR) is 170 cm³/mol. The first-order chi connectivity index (χ1) is 19.5. The molecule has 1 aliphatic heterocycles. The maximum Gasteiger partial charge on any atom is 0.267 e. The van der Waals surface area contributed by atoms with Gasteiger partial charge in [-0.25, -0.2) is 4.99 Å². The Kier molecular flexibility index (Phi) is 8.06. The summed E-state index contributed by atoms with van der Waals surface area (Å²) in [4.78, 5) is 21.8. The molecule has 1 aromatic heterocycles. The second-order valence-corrected chi connectivity index (χ2v) is 12.3. The molecule has 6 rings (SSSR count). The number of benzene rings is 3. The van der Waals surface area contributed by atoms with Crippen LogP contribution in [0.5, 0.6) is 0 Å². The Morgan fingerprint density at radius 1 is 0.975 bits per heavy atom. The number of carbonyl (C=O) groups is 1. The average molecular weight is 589 g/mol. The molecule has 0 spiro atoms. The highest BCUT2D eigenvalue weighted by Crippen LogP contribution is 2.40. The SMILES string of the molecule is CCc1ccccc1N=C1S/C(=C/c2cn(Cc3ccc(Cl)cc3Cl)c3ccccc23)C(=O)N1C1CCCCC1. The van der Waals surface area contributed by atoms with E-state index in [9.17, 15) is 4.79 Å². The normalized spacial score (nSPS) is 18.5. The lowest BCUT2D eigenvalue weighted by atomic mass is 9.94. The summed E-state index contributed by atoms with van der Waals surface area (Å²) in [6.45, 7) is 2.75. The first kappa shape index (κ1) is 27.2. The highest BCUT2D eigenvalue weighted by atomic mass is 35.5. The van der Waals surface area contributed by atoms with Crippen LogP contribution in [0.25, 0.3) is 17.0 Å². The largest absolute Gasteiger partial charge is 0.342 e. The van der Waals surface area contributed by atoms with Crippen LogP contribution in [0.4, 0.5) is 5.69 Å². The first-order valence-electron chi connectivity index (χ1n) is 13.9. The molecule has 204 valence electrons. The minimum atomic E-state index is 0.0576. The molecule has 0 bridgehead atoms. The molecule has 2 fully saturated rings. The van der Waals surface area contributed by atoms with Crippen LogP contribution in [-0.2, 0) is 17.8 Å². The second kappa shape index (κ2) is 11.9. The molecule has 1 saturated carbocycles. The Bertz CT molecular complexity index is 1630. The molecule has 1 aliphatic carbocycles. The number of carbonyl (C=O) groups excluding carboxylic acids is 1. The van der Waals surface area contributed by atoms with Crippen molar-refractivity contribution in [3.8, 4) is 0 Å². The van der Waals surface area contributed by atoms with Crippen LogP contribution in [0.3, 0.4) is 0 Å². The van der Waals surface area contributed by atoms with Crippen molar-refractivity contribution < 1.29 is 4.79 Å². The smallest absolute Gasteiger partial charge is 0.267 e. The van der Waals surface area contributed by atoms with Crippen molar-refractivity contribution in [1.29, 1.82) is 0 Å². The minimum absolute atomic E-state index is 0.0576. The summed E-state index contributed by atoms with van der Waals surface area (Å²) in [5.41, 5.74) is 5.22. The van der Waals surface area contributed by atoms with Gasteiger partial charge < -0.3 is 4.57 Å². The number of aryl methyl sites for hydroxylation is 1. The molecule has 2 aliphatic rings. The Morgan fingerprint density at radius 3 is 2.55 bits per heavy atom. The number of halogens is 2. The van der Waals surface area contributed by atoms with E-state index < -0.39 is 0 Å². The lowest BCUT2D eigenvalue weighted by molar-refractivity contribution is -0.124. The van der Waals surface area contributed by atoms with Crippen molar-refractivity contribution in [2.45, 2.75) is 58.0 Å². The molecule has 3 aromatic carbocycles. The summed E-state index contributed by atoms with van der Waals surface area (Å²) in [6.07, 6.45) is 10.6. The number of thioether (sulfide) groups is 1. The quantitative estimate of drug-likeness (QED) is 0.211. The van der Waals surface area contributed by atoms with E-state index in [1.54, 1.807) is 6.07 Å². The molecule has 4 nitrogen and oxygen atoms in total. The standard InChI is InChI=1S/C33H31Cl2N3OS/c1-2-22-10-6-8-14-29(22)36-33-38(26-11-4-3-5-12-26)32(39)31(40-33)18-24-21-37(30-15-9-7-13-27(24)30)20-23-16-17-25(34)19-28(23)35/h6-10,13-19,21,26H,2-5,11-12,20H2,1H3/b31-18+,36-33?. The third kappa shape index (κ3) is 5.47. The van der Waals surface area contributed by atoms with Crippen LogP contribution >= 0.6 is 35.0 Å². The average Bonchev–Trinajstić information content (AvgIpc) is 3.47. The number of para-hydroxylation sites is 2. The molecule has 2 heterocycles. The van der Waals surface area contributed by atoms with E-state index >= 15 is 0 Å². The zero-order chi connectivity index (χ0) is 27.6. The van der Waals surface area contributed by atoms with Gasteiger partial charge in [-0.2, -0.15) is 0 Å². The van der Waals surface area contributed by atoms with Crippen molar-refractivity contribution in [1.82, 2.24) is 9.47 Å². The molecule has 1 saturated heterocycles. The third-order valence-corrected chi connectivity index (χ3v) is 9.40. The molecular formula is C33H31Cl2N3OS. The van der Waals surface area contributed by atoms with Gasteiger partial charge >= 0.3 is 0 Å². The molecule has 4 aromatic rings. The Morgan fingerprint density at radius 2 is 1.75 bits per heavy atom. The molecule has 40 heavy (non-hydrogen) atoms. The summed E-state index contributed by atoms with van der Waals surface area (Å²) >= 11 is 14.1. The number of fused-ring (bicyclic) bond motifs is 1. The maximum absolute atomic E-state index is 14.0. The summed E-state index contributed by atoms with van der Waals surface area (Å²) in [5, 5.41) is 3.15. The predicted octanol–water partition coefficient (Wildman–Crippen LogP) is 9.50. The fourth-order valence-electron chi connectivity index (χ4n) is 5.74. The van der Waals surface area contributed by atoms with Crippen molar-refractivity contribution in [3.05, 3.63) is 105 Å². The Balaban J connectivity index is 1.40. The van der Waals surface area contributed by atoms with Crippen molar-refractivity contribution in [2.75, 3.05) is 0 Å². The molecule has 0 unspecified atom stereocenters. The molecular weight excluding hydrogens is 557 g/mol. The summed E-state index contributed by atoms with van der Waals surface area (Å²) < 4.78 is 2.19. The van der Waals surface area contributed by atoms with Gasteiger partial charge in [-0.3, -0.25) is 9.69 Å². The van der Waals surface area contributed by atoms with E-state index in [0.717, 1.165) is 65.0 Å². The van der Waals surface area contributed by atoms with Gasteiger partial charge in [-0.05, 0) is 72.5 Å². The van der Waals surface area contributed by atoms with Crippen LogP contribution in [-0.4, -0.2) is 26.6 Å². The lowest BCUT2D eigenvalue weighted by Gasteiger charge is -2.30. The Labute approximate surface area is 249 Å². The summed E-state index contributed by atoms with van der Waals surface area (Å²) in [5.74, 6) is 0.0576. The highest BCUT2D eigenvalue weighted by molar-refractivity contribution is 8.18. The van der Waals surface area contributed by atoms with Gasteiger partial charge in [-0.1, -0.05) is 91.9 Å². The first-order valence-corrected chi connectivity index (χ1v) is 15.5. The van der Waals surface area contributed by atoms with Gasteiger partial charge in [0.25, 0.3) is 5.91 Å². The highest BCUT2D eigenvalue weighted by Gasteiger charge is 2.39. The number of aromatic nitrogens is 1. The van der Waals surface area contributed by atoms with Gasteiger partial charge in [0.05, 0.1) is 10.6 Å². The van der Waals surface area contributed by atoms with E-state index in [2.05, 4.69) is 35.9 Å². The number of hydrogen-bond donors (Lipinski definition) is 0. The zero-order valence-electron chi connectivity index (χ0n) is 22.4. The zero-order valence-corrected chi connectivity index (χ0v) is 24.8. The number of amidine groups is 1. The van der Waals surface area contributed by atoms with Crippen molar-refractivity contribution >= 4 is 68.7 Å². The molecule has 0 radical (unpaired) electrons. The van der Waals surface area contributed by atoms with E-state index in [0.29, 0.717) is 21.5 Å². The number of rotatable bonds is 6. The van der Waals surface area contributed by atoms with Crippen molar-refractivity contribution in [2.24, 2.45) is 4.99 Å². The van der Waals surface area contributed by atoms with E-state index in [1.807, 2.05) is 53.4 Å². The summed E-state index contributed by atoms with van der Waals surface area (Å²) in [7, 11) is 0. The third-order valence-electron chi connectivity index (χ3n) is 7.83.